The second kappa shape index (κ2) is 4.80. The van der Waals surface area contributed by atoms with Crippen LogP contribution in [0.2, 0.25) is 0 Å². The van der Waals surface area contributed by atoms with Crippen LogP contribution >= 0.6 is 11.6 Å². The predicted octanol–water partition coefficient (Wildman–Crippen LogP) is 1.78. The third-order valence-corrected chi connectivity index (χ3v) is 2.82. The second-order valence-corrected chi connectivity index (χ2v) is 4.50. The molecule has 0 bridgehead atoms. The Hall–Kier alpha value is -0.540. The lowest BCUT2D eigenvalue weighted by molar-refractivity contribution is -0.145. The van der Waals surface area contributed by atoms with Crippen LogP contribution in [0, 0.1) is 11.8 Å². The van der Waals surface area contributed by atoms with Crippen molar-refractivity contribution in [2.24, 2.45) is 11.8 Å². The number of aliphatic carboxylic acids is 1. The number of carboxylic acids is 1. The van der Waals surface area contributed by atoms with Gasteiger partial charge >= 0.3 is 5.97 Å². The minimum absolute atomic E-state index is 0.192. The number of piperidine rings is 1. The molecule has 1 aliphatic heterocycles. The van der Waals surface area contributed by atoms with E-state index < -0.39 is 5.97 Å². The summed E-state index contributed by atoms with van der Waals surface area (Å²) in [4.78, 5) is 13.0. The van der Waals surface area contributed by atoms with E-state index in [0.717, 1.165) is 13.1 Å². The van der Waals surface area contributed by atoms with Crippen LogP contribution in [-0.2, 0) is 4.79 Å². The van der Waals surface area contributed by atoms with Crippen LogP contribution in [0.25, 0.3) is 0 Å². The fourth-order valence-electron chi connectivity index (χ4n) is 1.99. The third kappa shape index (κ3) is 3.00. The molecule has 0 aliphatic carbocycles. The normalized spacial score (nSPS) is 28.7. The summed E-state index contributed by atoms with van der Waals surface area (Å²) in [5, 5.41) is 9.53. The summed E-state index contributed by atoms with van der Waals surface area (Å²) < 4.78 is 0. The van der Waals surface area contributed by atoms with Crippen molar-refractivity contribution in [2.45, 2.75) is 13.3 Å². The lowest BCUT2D eigenvalue weighted by atomic mass is 9.87. The molecule has 80 valence electrons. The van der Waals surface area contributed by atoms with Gasteiger partial charge in [0.2, 0.25) is 0 Å². The van der Waals surface area contributed by atoms with E-state index in [-0.39, 0.29) is 11.8 Å². The van der Waals surface area contributed by atoms with Gasteiger partial charge in [-0.1, -0.05) is 25.1 Å². The zero-order valence-electron chi connectivity index (χ0n) is 8.37. The van der Waals surface area contributed by atoms with Gasteiger partial charge in [-0.15, -0.1) is 0 Å². The molecule has 2 unspecified atom stereocenters. The standard InChI is InChI=1S/C10H16ClNO2/c1-7-5-12(6-8(2)11)4-3-9(7)10(13)14/h7,9H,2-6H2,1H3,(H,13,14). The van der Waals surface area contributed by atoms with Gasteiger partial charge in [0.15, 0.2) is 0 Å². The first-order valence-corrected chi connectivity index (χ1v) is 5.17. The van der Waals surface area contributed by atoms with Crippen LogP contribution in [0.15, 0.2) is 11.6 Å². The van der Waals surface area contributed by atoms with Crippen molar-refractivity contribution < 1.29 is 9.90 Å². The number of nitrogens with zero attached hydrogens (tertiary/aromatic N) is 1. The maximum Gasteiger partial charge on any atom is 0.306 e. The average molecular weight is 218 g/mol. The summed E-state index contributed by atoms with van der Waals surface area (Å²) in [5.41, 5.74) is 0. The Bertz CT molecular complexity index is 242. The molecule has 0 aromatic rings. The van der Waals surface area contributed by atoms with Crippen LogP contribution in [0.3, 0.4) is 0 Å². The number of halogens is 1. The highest BCUT2D eigenvalue weighted by Crippen LogP contribution is 2.24. The van der Waals surface area contributed by atoms with E-state index >= 15 is 0 Å². The van der Waals surface area contributed by atoms with E-state index in [0.29, 0.717) is 18.0 Å². The maximum atomic E-state index is 10.8. The summed E-state index contributed by atoms with van der Waals surface area (Å²) in [5.74, 6) is -0.686. The first-order chi connectivity index (χ1) is 6.50. The summed E-state index contributed by atoms with van der Waals surface area (Å²) in [6, 6.07) is 0. The first-order valence-electron chi connectivity index (χ1n) is 4.79. The van der Waals surface area contributed by atoms with Crippen molar-refractivity contribution in [2.75, 3.05) is 19.6 Å². The Morgan fingerprint density at radius 3 is 2.79 bits per heavy atom. The van der Waals surface area contributed by atoms with E-state index in [2.05, 4.69) is 11.5 Å². The monoisotopic (exact) mass is 217 g/mol. The number of carboxylic acid groups (broad SMARTS) is 1. The molecule has 0 saturated carbocycles. The zero-order chi connectivity index (χ0) is 10.7. The summed E-state index contributed by atoms with van der Waals surface area (Å²) in [6.07, 6.45) is 0.709. The quantitative estimate of drug-likeness (QED) is 0.784. The molecule has 1 heterocycles. The molecule has 1 rings (SSSR count). The maximum absolute atomic E-state index is 10.8. The van der Waals surface area contributed by atoms with Crippen molar-refractivity contribution in [3.8, 4) is 0 Å². The van der Waals surface area contributed by atoms with Crippen LogP contribution in [0.4, 0.5) is 0 Å². The van der Waals surface area contributed by atoms with Gasteiger partial charge in [-0.3, -0.25) is 9.69 Å². The van der Waals surface area contributed by atoms with Crippen molar-refractivity contribution >= 4 is 17.6 Å². The summed E-state index contributed by atoms with van der Waals surface area (Å²) >= 11 is 5.71. The lowest BCUT2D eigenvalue weighted by Crippen LogP contribution is -2.42. The molecule has 0 spiro atoms. The average Bonchev–Trinajstić information content (AvgIpc) is 2.01. The molecule has 2 atom stereocenters. The number of carbonyl (C=O) groups is 1. The Balaban J connectivity index is 2.46. The highest BCUT2D eigenvalue weighted by Gasteiger charge is 2.30. The van der Waals surface area contributed by atoms with Crippen molar-refractivity contribution in [3.05, 3.63) is 11.6 Å². The van der Waals surface area contributed by atoms with Crippen molar-refractivity contribution in [3.63, 3.8) is 0 Å². The Labute approximate surface area is 89.3 Å². The van der Waals surface area contributed by atoms with Crippen LogP contribution in [-0.4, -0.2) is 35.6 Å². The van der Waals surface area contributed by atoms with Gasteiger partial charge in [-0.25, -0.2) is 0 Å². The van der Waals surface area contributed by atoms with Gasteiger partial charge in [-0.2, -0.15) is 0 Å². The zero-order valence-corrected chi connectivity index (χ0v) is 9.13. The first kappa shape index (κ1) is 11.5. The number of hydrogen-bond donors (Lipinski definition) is 1. The fourth-order valence-corrected chi connectivity index (χ4v) is 2.15. The SMILES string of the molecule is C=C(Cl)CN1CCC(C(=O)O)C(C)C1. The highest BCUT2D eigenvalue weighted by molar-refractivity contribution is 6.29. The third-order valence-electron chi connectivity index (χ3n) is 2.70. The fraction of sp³-hybridized carbons (Fsp3) is 0.700. The smallest absolute Gasteiger partial charge is 0.306 e. The molecule has 1 N–H and O–H groups in total. The molecule has 4 heteroatoms. The molecule has 14 heavy (non-hydrogen) atoms. The molecular weight excluding hydrogens is 202 g/mol. The van der Waals surface area contributed by atoms with Gasteiger partial charge in [0.25, 0.3) is 0 Å². The van der Waals surface area contributed by atoms with E-state index in [1.807, 2.05) is 6.92 Å². The topological polar surface area (TPSA) is 40.5 Å². The van der Waals surface area contributed by atoms with Crippen LogP contribution in [0.1, 0.15) is 13.3 Å². The highest BCUT2D eigenvalue weighted by atomic mass is 35.5. The van der Waals surface area contributed by atoms with Crippen molar-refractivity contribution in [1.29, 1.82) is 0 Å². The van der Waals surface area contributed by atoms with E-state index in [1.165, 1.54) is 0 Å². The van der Waals surface area contributed by atoms with Crippen LogP contribution in [0.5, 0.6) is 0 Å². The molecule has 1 fully saturated rings. The molecule has 1 aliphatic rings. The minimum Gasteiger partial charge on any atom is -0.481 e. The van der Waals surface area contributed by atoms with Gasteiger partial charge in [0.05, 0.1) is 5.92 Å². The molecule has 3 nitrogen and oxygen atoms in total. The Morgan fingerprint density at radius 2 is 2.36 bits per heavy atom. The van der Waals surface area contributed by atoms with Gasteiger partial charge < -0.3 is 5.11 Å². The number of rotatable bonds is 3. The Kier molecular flexibility index (Phi) is 3.96. The minimum atomic E-state index is -0.679. The second-order valence-electron chi connectivity index (χ2n) is 3.96. The molecule has 0 aromatic heterocycles. The molecule has 1 saturated heterocycles. The molecule has 0 radical (unpaired) electrons. The number of hydrogen-bond acceptors (Lipinski definition) is 2. The van der Waals surface area contributed by atoms with Gasteiger partial charge in [-0.05, 0) is 18.9 Å². The van der Waals surface area contributed by atoms with Gasteiger partial charge in [0, 0.05) is 18.1 Å². The van der Waals surface area contributed by atoms with Crippen molar-refractivity contribution in [1.82, 2.24) is 4.90 Å². The van der Waals surface area contributed by atoms with E-state index in [9.17, 15) is 4.79 Å². The summed E-state index contributed by atoms with van der Waals surface area (Å²) in [7, 11) is 0. The molecular formula is C10H16ClNO2. The van der Waals surface area contributed by atoms with Gasteiger partial charge in [0.1, 0.15) is 0 Å². The largest absolute Gasteiger partial charge is 0.481 e. The Morgan fingerprint density at radius 1 is 1.71 bits per heavy atom. The van der Waals surface area contributed by atoms with Crippen LogP contribution < -0.4 is 0 Å². The molecule has 0 aromatic carbocycles. The lowest BCUT2D eigenvalue weighted by Gasteiger charge is -2.34. The number of likely N-dealkylation sites (tertiary alicyclic amines) is 1. The predicted molar refractivity (Wildman–Crippen MR) is 56.3 cm³/mol. The van der Waals surface area contributed by atoms with E-state index in [1.54, 1.807) is 0 Å². The van der Waals surface area contributed by atoms with E-state index in [4.69, 9.17) is 16.7 Å². The molecule has 0 amide bonds. The summed E-state index contributed by atoms with van der Waals surface area (Å²) in [6.45, 7) is 7.87.